The number of rotatable bonds is 2. The van der Waals surface area contributed by atoms with Crippen LogP contribution in [0.25, 0.3) is 0 Å². The normalized spacial score (nSPS) is 20.1. The van der Waals surface area contributed by atoms with E-state index < -0.39 is 15.9 Å². The summed E-state index contributed by atoms with van der Waals surface area (Å²) >= 11 is 6.07. The average Bonchev–Trinajstić information content (AvgIpc) is 3.48. The molecule has 0 bridgehead atoms. The van der Waals surface area contributed by atoms with Crippen LogP contribution < -0.4 is 4.90 Å². The highest BCUT2D eigenvalue weighted by Gasteiger charge is 2.49. The Balaban J connectivity index is 1.54. The van der Waals surface area contributed by atoms with E-state index in [1.165, 1.54) is 18.2 Å². The first-order valence-corrected chi connectivity index (χ1v) is 11.0. The van der Waals surface area contributed by atoms with Crippen molar-refractivity contribution in [1.29, 1.82) is 0 Å². The zero-order valence-corrected chi connectivity index (χ0v) is 16.5. The zero-order valence-electron chi connectivity index (χ0n) is 14.9. The largest absolute Gasteiger partial charge is 0.308 e. The van der Waals surface area contributed by atoms with Crippen molar-refractivity contribution in [3.05, 3.63) is 58.1 Å². The van der Waals surface area contributed by atoms with E-state index in [0.29, 0.717) is 24.4 Å². The number of fused-ring (bicyclic) bond motifs is 2. The van der Waals surface area contributed by atoms with E-state index >= 15 is 0 Å². The van der Waals surface area contributed by atoms with Gasteiger partial charge in [0.05, 0.1) is 5.56 Å². The molecule has 1 aliphatic carbocycles. The van der Waals surface area contributed by atoms with E-state index in [9.17, 15) is 18.0 Å². The molecule has 3 aliphatic rings. The number of amides is 2. The quantitative estimate of drug-likeness (QED) is 0.753. The number of hydrogen-bond acceptors (Lipinski definition) is 4. The van der Waals surface area contributed by atoms with Crippen LogP contribution in [-0.2, 0) is 16.4 Å². The van der Waals surface area contributed by atoms with Crippen LogP contribution in [0.3, 0.4) is 0 Å². The summed E-state index contributed by atoms with van der Waals surface area (Å²) in [6.07, 6.45) is 3.02. The molecular weight excluding hydrogens is 400 g/mol. The molecule has 5 rings (SSSR count). The van der Waals surface area contributed by atoms with Gasteiger partial charge in [-0.2, -0.15) is 0 Å². The fraction of sp³-hybridized carbons (Fsp3) is 0.300. The second-order valence-corrected chi connectivity index (χ2v) is 9.60. The molecule has 2 aromatic rings. The van der Waals surface area contributed by atoms with Gasteiger partial charge in [0.2, 0.25) is 0 Å². The predicted molar refractivity (Wildman–Crippen MR) is 104 cm³/mol. The summed E-state index contributed by atoms with van der Waals surface area (Å²) in [7, 11) is -3.89. The molecule has 0 aromatic heterocycles. The third kappa shape index (κ3) is 2.57. The van der Waals surface area contributed by atoms with E-state index in [2.05, 4.69) is 0 Å². The summed E-state index contributed by atoms with van der Waals surface area (Å²) in [6, 6.07) is 9.50. The minimum atomic E-state index is -3.89. The smallest absolute Gasteiger partial charge is 0.269 e. The van der Waals surface area contributed by atoms with Gasteiger partial charge >= 0.3 is 0 Å². The Morgan fingerprint density at radius 1 is 1.11 bits per heavy atom. The summed E-state index contributed by atoms with van der Waals surface area (Å²) in [5.74, 6) is -0.770. The molecule has 6 nitrogen and oxygen atoms in total. The maximum absolute atomic E-state index is 13.2. The minimum Gasteiger partial charge on any atom is -0.308 e. The van der Waals surface area contributed by atoms with Crippen molar-refractivity contribution in [3.8, 4) is 0 Å². The fourth-order valence-corrected chi connectivity index (χ4v) is 6.02. The van der Waals surface area contributed by atoms with Crippen LogP contribution in [0.1, 0.15) is 45.5 Å². The molecule has 2 aromatic carbocycles. The zero-order chi connectivity index (χ0) is 19.6. The molecule has 1 fully saturated rings. The van der Waals surface area contributed by atoms with Crippen LogP contribution >= 0.6 is 11.6 Å². The third-order valence-corrected chi connectivity index (χ3v) is 7.59. The monoisotopic (exact) mass is 416 g/mol. The molecular formula is C20H17ClN2O4S. The molecule has 2 amide bonds. The average molecular weight is 417 g/mol. The molecule has 1 saturated carbocycles. The molecule has 0 atom stereocenters. The van der Waals surface area contributed by atoms with Crippen LogP contribution in [0.5, 0.6) is 0 Å². The highest BCUT2D eigenvalue weighted by Crippen LogP contribution is 2.40. The van der Waals surface area contributed by atoms with E-state index in [0.717, 1.165) is 28.4 Å². The molecule has 28 heavy (non-hydrogen) atoms. The minimum absolute atomic E-state index is 0.0661. The SMILES string of the molecule is O=C(c1ccc2c(c1)S(=O)(=O)N(C1CC1)C2=O)N1CCCc2cc(Cl)ccc21. The highest BCUT2D eigenvalue weighted by atomic mass is 35.5. The first kappa shape index (κ1) is 17.7. The van der Waals surface area contributed by atoms with Crippen molar-refractivity contribution in [2.45, 2.75) is 36.6 Å². The number of benzene rings is 2. The van der Waals surface area contributed by atoms with Gasteiger partial charge in [-0.25, -0.2) is 12.7 Å². The van der Waals surface area contributed by atoms with E-state index in [1.807, 2.05) is 12.1 Å². The lowest BCUT2D eigenvalue weighted by Gasteiger charge is -2.29. The molecule has 144 valence electrons. The number of halogens is 1. The summed E-state index contributed by atoms with van der Waals surface area (Å²) in [4.78, 5) is 27.3. The number of hydrogen-bond donors (Lipinski definition) is 0. The van der Waals surface area contributed by atoms with Crippen molar-refractivity contribution in [2.24, 2.45) is 0 Å². The summed E-state index contributed by atoms with van der Waals surface area (Å²) in [5.41, 5.74) is 2.19. The van der Waals surface area contributed by atoms with Gasteiger partial charge in [-0.05, 0) is 67.6 Å². The van der Waals surface area contributed by atoms with Crippen LogP contribution in [0.2, 0.25) is 5.02 Å². The van der Waals surface area contributed by atoms with Crippen molar-refractivity contribution in [1.82, 2.24) is 4.31 Å². The number of carbonyl (C=O) groups excluding carboxylic acids is 2. The number of sulfonamides is 1. The number of carbonyl (C=O) groups is 2. The summed E-state index contributed by atoms with van der Waals surface area (Å²) in [5, 5.41) is 0.621. The van der Waals surface area contributed by atoms with Gasteiger partial charge in [0.25, 0.3) is 21.8 Å². The molecule has 0 N–H and O–H groups in total. The van der Waals surface area contributed by atoms with Crippen molar-refractivity contribution < 1.29 is 18.0 Å². The molecule has 0 spiro atoms. The van der Waals surface area contributed by atoms with Gasteiger partial charge in [-0.15, -0.1) is 0 Å². The maximum atomic E-state index is 13.2. The Morgan fingerprint density at radius 2 is 1.89 bits per heavy atom. The van der Waals surface area contributed by atoms with E-state index in [1.54, 1.807) is 11.0 Å². The topological polar surface area (TPSA) is 74.8 Å². The van der Waals surface area contributed by atoms with Crippen molar-refractivity contribution in [3.63, 3.8) is 0 Å². The lowest BCUT2D eigenvalue weighted by atomic mass is 10.0. The highest BCUT2D eigenvalue weighted by molar-refractivity contribution is 7.90. The van der Waals surface area contributed by atoms with Gasteiger partial charge in [0.15, 0.2) is 0 Å². The Labute approximate surface area is 167 Å². The molecule has 0 unspecified atom stereocenters. The van der Waals surface area contributed by atoms with Gasteiger partial charge in [0, 0.05) is 28.9 Å². The van der Waals surface area contributed by atoms with Crippen molar-refractivity contribution >= 4 is 39.1 Å². The number of anilines is 1. The fourth-order valence-electron chi connectivity index (χ4n) is 3.98. The van der Waals surface area contributed by atoms with Gasteiger partial charge in [0.1, 0.15) is 4.90 Å². The summed E-state index contributed by atoms with van der Waals surface area (Å²) < 4.78 is 26.6. The van der Waals surface area contributed by atoms with Gasteiger partial charge < -0.3 is 4.90 Å². The summed E-state index contributed by atoms with van der Waals surface area (Å²) in [6.45, 7) is 0.546. The second kappa shape index (κ2) is 6.06. The van der Waals surface area contributed by atoms with E-state index in [4.69, 9.17) is 11.6 Å². The number of aryl methyl sites for hydroxylation is 1. The Hall–Kier alpha value is -2.38. The second-order valence-electron chi connectivity index (χ2n) is 7.38. The van der Waals surface area contributed by atoms with Crippen molar-refractivity contribution in [2.75, 3.05) is 11.4 Å². The Kier molecular flexibility index (Phi) is 3.83. The molecule has 8 heteroatoms. The number of nitrogens with zero attached hydrogens (tertiary/aromatic N) is 2. The van der Waals surface area contributed by atoms with Crippen LogP contribution in [-0.4, -0.2) is 37.1 Å². The first-order valence-electron chi connectivity index (χ1n) is 9.21. The van der Waals surface area contributed by atoms with Gasteiger partial charge in [-0.1, -0.05) is 11.6 Å². The molecule has 2 aliphatic heterocycles. The molecule has 2 heterocycles. The molecule has 0 radical (unpaired) electrons. The predicted octanol–water partition coefficient (Wildman–Crippen LogP) is 3.24. The maximum Gasteiger partial charge on any atom is 0.269 e. The Morgan fingerprint density at radius 3 is 2.64 bits per heavy atom. The van der Waals surface area contributed by atoms with E-state index in [-0.39, 0.29) is 28.0 Å². The van der Waals surface area contributed by atoms with Crippen LogP contribution in [0, 0.1) is 0 Å². The third-order valence-electron chi connectivity index (χ3n) is 5.48. The first-order chi connectivity index (χ1) is 13.4. The lowest BCUT2D eigenvalue weighted by molar-refractivity contribution is 0.0864. The lowest BCUT2D eigenvalue weighted by Crippen LogP contribution is -2.35. The standard InChI is InChI=1S/C20H17ClN2O4S/c21-14-4-8-17-12(10-14)2-1-9-22(17)19(24)13-3-7-16-18(11-13)28(26,27)23(20(16)25)15-5-6-15/h3-4,7-8,10-11,15H,1-2,5-6,9H2. The van der Waals surface area contributed by atoms with Crippen LogP contribution in [0.4, 0.5) is 5.69 Å². The molecule has 0 saturated heterocycles. The Bertz CT molecular complexity index is 1140. The van der Waals surface area contributed by atoms with Crippen LogP contribution in [0.15, 0.2) is 41.3 Å². The van der Waals surface area contributed by atoms with Gasteiger partial charge in [-0.3, -0.25) is 9.59 Å².